The lowest BCUT2D eigenvalue weighted by Gasteiger charge is -2.15. The molecule has 0 bridgehead atoms. The maximum Gasteiger partial charge on any atom is 0.257 e. The number of para-hydroxylation sites is 1. The van der Waals surface area contributed by atoms with E-state index in [1.165, 1.54) is 11.3 Å². The minimum absolute atomic E-state index is 0.143. The lowest BCUT2D eigenvalue weighted by Crippen LogP contribution is -2.12. The molecule has 0 radical (unpaired) electrons. The van der Waals surface area contributed by atoms with Crippen molar-refractivity contribution in [1.82, 2.24) is 4.98 Å². The molecule has 0 unspecified atom stereocenters. The van der Waals surface area contributed by atoms with Gasteiger partial charge in [0.1, 0.15) is 11.5 Å². The van der Waals surface area contributed by atoms with Crippen molar-refractivity contribution in [3.05, 3.63) is 70.7 Å². The average molecular weight is 364 g/mol. The zero-order valence-electron chi connectivity index (χ0n) is 14.6. The normalized spacial score (nSPS) is 16.0. The smallest absolute Gasteiger partial charge is 0.257 e. The van der Waals surface area contributed by atoms with E-state index < -0.39 is 0 Å². The highest BCUT2D eigenvalue weighted by Gasteiger charge is 2.20. The summed E-state index contributed by atoms with van der Waals surface area (Å²) >= 11 is 1.60. The Kier molecular flexibility index (Phi) is 4.71. The van der Waals surface area contributed by atoms with Gasteiger partial charge in [0.05, 0.1) is 5.69 Å². The summed E-state index contributed by atoms with van der Waals surface area (Å²) in [6.07, 6.45) is 3.27. The number of nitrogens with one attached hydrogen (secondary N) is 1. The number of aryl methyl sites for hydroxylation is 1. The summed E-state index contributed by atoms with van der Waals surface area (Å²) in [6.45, 7) is 2.25. The van der Waals surface area contributed by atoms with Gasteiger partial charge in [0.25, 0.3) is 5.91 Å². The lowest BCUT2D eigenvalue weighted by atomic mass is 9.93. The molecule has 1 aliphatic carbocycles. The van der Waals surface area contributed by atoms with Crippen LogP contribution in [0.15, 0.2) is 54.6 Å². The first-order valence-electron chi connectivity index (χ1n) is 8.80. The Morgan fingerprint density at radius 3 is 2.62 bits per heavy atom. The summed E-state index contributed by atoms with van der Waals surface area (Å²) in [5, 5.41) is 3.62. The van der Waals surface area contributed by atoms with E-state index in [0.717, 1.165) is 24.3 Å². The van der Waals surface area contributed by atoms with Crippen LogP contribution < -0.4 is 10.1 Å². The van der Waals surface area contributed by atoms with Crippen molar-refractivity contribution in [2.24, 2.45) is 5.92 Å². The molecule has 26 heavy (non-hydrogen) atoms. The van der Waals surface area contributed by atoms with E-state index in [1.807, 2.05) is 30.3 Å². The Balaban J connectivity index is 1.42. The third kappa shape index (κ3) is 3.78. The fourth-order valence-corrected chi connectivity index (χ4v) is 4.07. The summed E-state index contributed by atoms with van der Waals surface area (Å²) < 4.78 is 5.75. The Morgan fingerprint density at radius 2 is 1.85 bits per heavy atom. The van der Waals surface area contributed by atoms with Gasteiger partial charge in [-0.1, -0.05) is 25.1 Å². The van der Waals surface area contributed by atoms with Crippen molar-refractivity contribution >= 4 is 22.4 Å². The summed E-state index contributed by atoms with van der Waals surface area (Å²) in [4.78, 5) is 18.4. The molecule has 2 aromatic carbocycles. The summed E-state index contributed by atoms with van der Waals surface area (Å²) in [6, 6.07) is 16.7. The number of carbonyl (C=O) groups is 1. The van der Waals surface area contributed by atoms with Gasteiger partial charge in [-0.2, -0.15) is 0 Å². The number of ether oxygens (including phenoxy) is 1. The second-order valence-electron chi connectivity index (χ2n) is 6.63. The van der Waals surface area contributed by atoms with Crippen LogP contribution in [0.25, 0.3) is 0 Å². The van der Waals surface area contributed by atoms with E-state index in [0.29, 0.717) is 22.4 Å². The highest BCUT2D eigenvalue weighted by Crippen LogP contribution is 2.32. The van der Waals surface area contributed by atoms with Crippen molar-refractivity contribution in [3.63, 3.8) is 0 Å². The van der Waals surface area contributed by atoms with E-state index in [4.69, 9.17) is 4.74 Å². The first kappa shape index (κ1) is 16.8. The molecule has 0 saturated carbocycles. The summed E-state index contributed by atoms with van der Waals surface area (Å²) in [7, 11) is 0. The molecule has 1 amide bonds. The zero-order chi connectivity index (χ0) is 17.9. The molecular weight excluding hydrogens is 344 g/mol. The van der Waals surface area contributed by atoms with E-state index in [-0.39, 0.29) is 5.91 Å². The molecule has 0 saturated heterocycles. The first-order valence-corrected chi connectivity index (χ1v) is 9.62. The Morgan fingerprint density at radius 1 is 1.12 bits per heavy atom. The number of aromatic nitrogens is 1. The second-order valence-corrected chi connectivity index (χ2v) is 7.71. The van der Waals surface area contributed by atoms with E-state index in [9.17, 15) is 4.79 Å². The van der Waals surface area contributed by atoms with Gasteiger partial charge >= 0.3 is 0 Å². The summed E-state index contributed by atoms with van der Waals surface area (Å²) in [5.74, 6) is 2.00. The van der Waals surface area contributed by atoms with Gasteiger partial charge in [-0.15, -0.1) is 11.3 Å². The fraction of sp³-hybridized carbons (Fsp3) is 0.238. The van der Waals surface area contributed by atoms with Crippen molar-refractivity contribution < 1.29 is 9.53 Å². The zero-order valence-corrected chi connectivity index (χ0v) is 15.4. The minimum Gasteiger partial charge on any atom is -0.457 e. The monoisotopic (exact) mass is 364 g/mol. The number of amides is 1. The van der Waals surface area contributed by atoms with Crippen molar-refractivity contribution in [2.45, 2.75) is 26.2 Å². The molecule has 1 aliphatic rings. The van der Waals surface area contributed by atoms with Crippen LogP contribution in [0.4, 0.5) is 5.13 Å². The van der Waals surface area contributed by atoms with Gasteiger partial charge in [-0.3, -0.25) is 10.1 Å². The van der Waals surface area contributed by atoms with Gasteiger partial charge in [-0.05, 0) is 61.6 Å². The molecule has 1 atom stereocenters. The molecule has 1 aromatic heterocycles. The Bertz CT molecular complexity index is 904. The van der Waals surface area contributed by atoms with E-state index in [1.54, 1.807) is 35.6 Å². The third-order valence-electron chi connectivity index (χ3n) is 4.50. The first-order chi connectivity index (χ1) is 12.7. The molecule has 3 aromatic rings. The van der Waals surface area contributed by atoms with Crippen molar-refractivity contribution in [1.29, 1.82) is 0 Å². The van der Waals surface area contributed by atoms with Gasteiger partial charge in [-0.25, -0.2) is 4.98 Å². The van der Waals surface area contributed by atoms with Crippen molar-refractivity contribution in [2.75, 3.05) is 5.32 Å². The number of rotatable bonds is 4. The molecule has 4 nitrogen and oxygen atoms in total. The van der Waals surface area contributed by atoms with Crippen LogP contribution in [0, 0.1) is 5.92 Å². The van der Waals surface area contributed by atoms with Crippen LogP contribution >= 0.6 is 11.3 Å². The number of anilines is 1. The summed E-state index contributed by atoms with van der Waals surface area (Å²) in [5.41, 5.74) is 1.74. The molecule has 0 fully saturated rings. The minimum atomic E-state index is -0.143. The van der Waals surface area contributed by atoms with Crippen LogP contribution in [-0.4, -0.2) is 10.9 Å². The topological polar surface area (TPSA) is 51.2 Å². The molecule has 132 valence electrons. The van der Waals surface area contributed by atoms with Gasteiger partial charge < -0.3 is 4.74 Å². The number of carbonyl (C=O) groups excluding carboxylic acids is 1. The third-order valence-corrected chi connectivity index (χ3v) is 5.57. The predicted octanol–water partition coefficient (Wildman–Crippen LogP) is 5.31. The molecule has 1 heterocycles. The predicted molar refractivity (Wildman–Crippen MR) is 104 cm³/mol. The SMILES string of the molecule is C[C@@H]1CCc2sc(NC(=O)c3ccc(Oc4ccccc4)cc3)nc2C1. The van der Waals surface area contributed by atoms with Crippen LogP contribution in [0.3, 0.4) is 0 Å². The quantitative estimate of drug-likeness (QED) is 0.682. The Labute approximate surface area is 156 Å². The standard InChI is InChI=1S/C21H20N2O2S/c1-14-7-12-19-18(13-14)22-21(26-19)23-20(24)15-8-10-17(11-9-15)25-16-5-3-2-4-6-16/h2-6,8-11,14H,7,12-13H2,1H3,(H,22,23,24)/t14-/m1/s1. The largest absolute Gasteiger partial charge is 0.457 e. The highest BCUT2D eigenvalue weighted by molar-refractivity contribution is 7.15. The lowest BCUT2D eigenvalue weighted by molar-refractivity contribution is 0.102. The molecule has 4 rings (SSSR count). The van der Waals surface area contributed by atoms with Gasteiger partial charge in [0.2, 0.25) is 0 Å². The van der Waals surface area contributed by atoms with E-state index >= 15 is 0 Å². The van der Waals surface area contributed by atoms with Crippen LogP contribution in [0.1, 0.15) is 34.3 Å². The average Bonchev–Trinajstić information content (AvgIpc) is 3.04. The Hall–Kier alpha value is -2.66. The van der Waals surface area contributed by atoms with E-state index in [2.05, 4.69) is 17.2 Å². The fourth-order valence-electron chi connectivity index (χ4n) is 3.07. The number of fused-ring (bicyclic) bond motifs is 1. The maximum absolute atomic E-state index is 12.5. The molecule has 0 aliphatic heterocycles. The van der Waals surface area contributed by atoms with Crippen LogP contribution in [-0.2, 0) is 12.8 Å². The molecule has 5 heteroatoms. The number of hydrogen-bond donors (Lipinski definition) is 1. The maximum atomic E-state index is 12.5. The number of thiazole rings is 1. The number of benzene rings is 2. The van der Waals surface area contributed by atoms with Gasteiger partial charge in [0, 0.05) is 10.4 Å². The van der Waals surface area contributed by atoms with Crippen LogP contribution in [0.2, 0.25) is 0 Å². The molecular formula is C21H20N2O2S. The van der Waals surface area contributed by atoms with Crippen LogP contribution in [0.5, 0.6) is 11.5 Å². The van der Waals surface area contributed by atoms with Gasteiger partial charge in [0.15, 0.2) is 5.13 Å². The molecule has 1 N–H and O–H groups in total. The number of hydrogen-bond acceptors (Lipinski definition) is 4. The second kappa shape index (κ2) is 7.30. The number of nitrogens with zero attached hydrogens (tertiary/aromatic N) is 1. The van der Waals surface area contributed by atoms with Crippen molar-refractivity contribution in [3.8, 4) is 11.5 Å². The molecule has 0 spiro atoms. The highest BCUT2D eigenvalue weighted by atomic mass is 32.1.